The van der Waals surface area contributed by atoms with Crippen molar-refractivity contribution in [3.63, 3.8) is 0 Å². The highest BCUT2D eigenvalue weighted by molar-refractivity contribution is 5.74. The van der Waals surface area contributed by atoms with Crippen molar-refractivity contribution in [1.82, 2.24) is 10.2 Å². The Labute approximate surface area is 145 Å². The number of carbonyl (C=O) groups excluding carboxylic acids is 1. The molecule has 3 aliphatic rings. The van der Waals surface area contributed by atoms with E-state index in [1.165, 1.54) is 38.5 Å². The minimum atomic E-state index is -0.690. The lowest BCUT2D eigenvalue weighted by Crippen LogP contribution is -2.46. The molecule has 1 saturated heterocycles. The van der Waals surface area contributed by atoms with E-state index in [-0.39, 0.29) is 18.0 Å². The van der Waals surface area contributed by atoms with Crippen LogP contribution in [0.4, 0.5) is 4.79 Å². The first-order chi connectivity index (χ1) is 11.6. The molecule has 0 aromatic carbocycles. The summed E-state index contributed by atoms with van der Waals surface area (Å²) in [5, 5.41) is 12.2. The van der Waals surface area contributed by atoms with Gasteiger partial charge in [-0.3, -0.25) is 4.79 Å². The van der Waals surface area contributed by atoms with Crippen molar-refractivity contribution in [3.8, 4) is 0 Å². The van der Waals surface area contributed by atoms with Gasteiger partial charge in [0.05, 0.1) is 5.92 Å². The van der Waals surface area contributed by atoms with E-state index in [1.807, 2.05) is 4.90 Å². The zero-order chi connectivity index (χ0) is 17.0. The number of nitrogens with one attached hydrogen (secondary N) is 1. The lowest BCUT2D eigenvalue weighted by Gasteiger charge is -2.36. The van der Waals surface area contributed by atoms with Gasteiger partial charge in [-0.15, -0.1) is 0 Å². The van der Waals surface area contributed by atoms with Crippen LogP contribution in [0.25, 0.3) is 0 Å². The minimum absolute atomic E-state index is 0.0710. The molecule has 0 atom stereocenters. The van der Waals surface area contributed by atoms with Crippen molar-refractivity contribution >= 4 is 12.0 Å². The Hall–Kier alpha value is -1.26. The first-order valence-corrected chi connectivity index (χ1v) is 9.86. The van der Waals surface area contributed by atoms with Crippen LogP contribution in [-0.4, -0.2) is 41.1 Å². The Morgan fingerprint density at radius 3 is 2.21 bits per heavy atom. The number of carbonyl (C=O) groups is 2. The molecule has 0 aromatic rings. The van der Waals surface area contributed by atoms with Crippen molar-refractivity contribution in [2.24, 2.45) is 11.3 Å². The fraction of sp³-hybridized carbons (Fsp3) is 0.895. The van der Waals surface area contributed by atoms with E-state index in [4.69, 9.17) is 5.11 Å². The maximum absolute atomic E-state index is 12.6. The molecule has 1 spiro atoms. The molecule has 2 aliphatic carbocycles. The first kappa shape index (κ1) is 17.6. The van der Waals surface area contributed by atoms with E-state index in [0.717, 1.165) is 38.8 Å². The second-order valence-electron chi connectivity index (χ2n) is 8.24. The number of aliphatic carboxylic acids is 1. The van der Waals surface area contributed by atoms with Crippen LogP contribution in [-0.2, 0) is 4.79 Å². The van der Waals surface area contributed by atoms with Crippen LogP contribution in [0.1, 0.15) is 77.0 Å². The predicted molar refractivity (Wildman–Crippen MR) is 92.9 cm³/mol. The van der Waals surface area contributed by atoms with Gasteiger partial charge in [-0.1, -0.05) is 19.3 Å². The van der Waals surface area contributed by atoms with Crippen LogP contribution in [0.2, 0.25) is 0 Å². The molecule has 2 amide bonds. The van der Waals surface area contributed by atoms with Gasteiger partial charge < -0.3 is 15.3 Å². The molecule has 0 radical (unpaired) electrons. The number of hydrogen-bond acceptors (Lipinski definition) is 2. The summed E-state index contributed by atoms with van der Waals surface area (Å²) in [4.78, 5) is 25.6. The third kappa shape index (κ3) is 4.22. The highest BCUT2D eigenvalue weighted by atomic mass is 16.4. The highest BCUT2D eigenvalue weighted by Gasteiger charge is 2.35. The number of amides is 2. The summed E-state index contributed by atoms with van der Waals surface area (Å²) in [6.07, 6.45) is 13.3. The van der Waals surface area contributed by atoms with Gasteiger partial charge in [-0.05, 0) is 63.2 Å². The van der Waals surface area contributed by atoms with E-state index >= 15 is 0 Å². The minimum Gasteiger partial charge on any atom is -0.481 e. The summed E-state index contributed by atoms with van der Waals surface area (Å²) in [6, 6.07) is 0.224. The number of likely N-dealkylation sites (tertiary alicyclic amines) is 1. The van der Waals surface area contributed by atoms with E-state index in [9.17, 15) is 9.59 Å². The molecule has 0 bridgehead atoms. The van der Waals surface area contributed by atoms with E-state index in [0.29, 0.717) is 18.3 Å². The molecule has 1 aliphatic heterocycles. The van der Waals surface area contributed by atoms with Crippen LogP contribution >= 0.6 is 0 Å². The average molecular weight is 336 g/mol. The smallest absolute Gasteiger partial charge is 0.317 e. The molecule has 3 fully saturated rings. The molecule has 0 unspecified atom stereocenters. The summed E-state index contributed by atoms with van der Waals surface area (Å²) in [7, 11) is 0. The highest BCUT2D eigenvalue weighted by Crippen LogP contribution is 2.44. The van der Waals surface area contributed by atoms with Crippen LogP contribution in [0, 0.1) is 11.3 Å². The van der Waals surface area contributed by atoms with Crippen molar-refractivity contribution in [3.05, 3.63) is 0 Å². The predicted octanol–water partition coefficient (Wildman–Crippen LogP) is 3.78. The van der Waals surface area contributed by atoms with Crippen LogP contribution < -0.4 is 5.32 Å². The zero-order valence-electron chi connectivity index (χ0n) is 14.8. The van der Waals surface area contributed by atoms with Gasteiger partial charge in [0, 0.05) is 19.1 Å². The molecular formula is C19H32N2O3. The number of nitrogens with zero attached hydrogens (tertiary/aromatic N) is 1. The summed E-state index contributed by atoms with van der Waals surface area (Å²) in [5.74, 6) is -0.910. The lowest BCUT2D eigenvalue weighted by molar-refractivity contribution is -0.142. The molecule has 2 N–H and O–H groups in total. The van der Waals surface area contributed by atoms with Gasteiger partial charge in [0.2, 0.25) is 0 Å². The normalized spacial score (nSPS) is 30.6. The SMILES string of the molecule is O=C(O)C1CCC(NC(=O)N2CCCC3(CCCCC3)CC2)CC1. The Balaban J connectivity index is 1.46. The van der Waals surface area contributed by atoms with Gasteiger partial charge in [-0.25, -0.2) is 4.79 Å². The number of rotatable bonds is 2. The van der Waals surface area contributed by atoms with Gasteiger partial charge >= 0.3 is 12.0 Å². The topological polar surface area (TPSA) is 69.6 Å². The molecule has 5 nitrogen and oxygen atoms in total. The Morgan fingerprint density at radius 1 is 0.875 bits per heavy atom. The Kier molecular flexibility index (Phi) is 5.67. The fourth-order valence-electron chi connectivity index (χ4n) is 5.01. The third-order valence-electron chi connectivity index (χ3n) is 6.65. The molecule has 1 heterocycles. The molecule has 136 valence electrons. The molecule has 2 saturated carbocycles. The zero-order valence-corrected chi connectivity index (χ0v) is 14.8. The second kappa shape index (κ2) is 7.75. The molecule has 3 rings (SSSR count). The van der Waals surface area contributed by atoms with E-state index < -0.39 is 5.97 Å². The van der Waals surface area contributed by atoms with Crippen molar-refractivity contribution < 1.29 is 14.7 Å². The largest absolute Gasteiger partial charge is 0.481 e. The summed E-state index contributed by atoms with van der Waals surface area (Å²) < 4.78 is 0. The maximum atomic E-state index is 12.6. The lowest BCUT2D eigenvalue weighted by atomic mass is 9.69. The van der Waals surface area contributed by atoms with E-state index in [1.54, 1.807) is 0 Å². The Morgan fingerprint density at radius 2 is 1.54 bits per heavy atom. The number of hydrogen-bond donors (Lipinski definition) is 2. The second-order valence-corrected chi connectivity index (χ2v) is 8.24. The summed E-state index contributed by atoms with van der Waals surface area (Å²) >= 11 is 0. The van der Waals surface area contributed by atoms with Crippen molar-refractivity contribution in [2.75, 3.05) is 13.1 Å². The number of carboxylic acid groups (broad SMARTS) is 1. The van der Waals surface area contributed by atoms with Gasteiger partial charge in [0.1, 0.15) is 0 Å². The average Bonchev–Trinajstić information content (AvgIpc) is 2.79. The van der Waals surface area contributed by atoms with Crippen LogP contribution in [0.5, 0.6) is 0 Å². The van der Waals surface area contributed by atoms with Gasteiger partial charge in [-0.2, -0.15) is 0 Å². The number of urea groups is 1. The monoisotopic (exact) mass is 336 g/mol. The van der Waals surface area contributed by atoms with Gasteiger partial charge in [0.25, 0.3) is 0 Å². The molecular weight excluding hydrogens is 304 g/mol. The van der Waals surface area contributed by atoms with Crippen LogP contribution in [0.3, 0.4) is 0 Å². The molecule has 24 heavy (non-hydrogen) atoms. The summed E-state index contributed by atoms with van der Waals surface area (Å²) in [6.45, 7) is 1.76. The van der Waals surface area contributed by atoms with Crippen molar-refractivity contribution in [1.29, 1.82) is 0 Å². The molecule has 5 heteroatoms. The third-order valence-corrected chi connectivity index (χ3v) is 6.65. The molecule has 0 aromatic heterocycles. The van der Waals surface area contributed by atoms with Gasteiger partial charge in [0.15, 0.2) is 0 Å². The van der Waals surface area contributed by atoms with Crippen molar-refractivity contribution in [2.45, 2.75) is 83.1 Å². The Bertz CT molecular complexity index is 452. The number of carboxylic acids is 1. The standard InChI is InChI=1S/C19H32N2O3/c22-17(23)15-5-7-16(8-6-15)20-18(24)21-13-4-11-19(12-14-21)9-2-1-3-10-19/h15-16H,1-14H2,(H,20,24)(H,22,23). The van der Waals surface area contributed by atoms with E-state index in [2.05, 4.69) is 5.32 Å². The summed E-state index contributed by atoms with van der Waals surface area (Å²) in [5.41, 5.74) is 0.507. The van der Waals surface area contributed by atoms with Crippen LogP contribution in [0.15, 0.2) is 0 Å². The maximum Gasteiger partial charge on any atom is 0.317 e. The quantitative estimate of drug-likeness (QED) is 0.806. The fourth-order valence-corrected chi connectivity index (χ4v) is 5.01. The first-order valence-electron chi connectivity index (χ1n) is 9.86.